The number of para-hydroxylation sites is 2. The number of carbonyl (C=O) groups is 2. The first-order valence-corrected chi connectivity index (χ1v) is 10.7. The number of nitrogens with zero attached hydrogens (tertiary/aromatic N) is 1. The van der Waals surface area contributed by atoms with Crippen LogP contribution >= 0.6 is 0 Å². The number of amides is 2. The van der Waals surface area contributed by atoms with E-state index in [0.29, 0.717) is 18.0 Å². The van der Waals surface area contributed by atoms with Gasteiger partial charge in [-0.05, 0) is 48.6 Å². The molecule has 0 aliphatic carbocycles. The molecule has 0 spiro atoms. The van der Waals surface area contributed by atoms with Crippen molar-refractivity contribution < 1.29 is 14.3 Å². The maximum atomic E-state index is 12.4. The van der Waals surface area contributed by atoms with Crippen LogP contribution in [-0.4, -0.2) is 31.5 Å². The molecule has 0 saturated carbocycles. The van der Waals surface area contributed by atoms with Crippen LogP contribution in [0.15, 0.2) is 48.5 Å². The number of hydrogen-bond acceptors (Lipinski definition) is 4. The fourth-order valence-corrected chi connectivity index (χ4v) is 3.94. The predicted octanol–water partition coefficient (Wildman–Crippen LogP) is 3.58. The molecule has 2 aromatic rings. The smallest absolute Gasteiger partial charge is 0.231 e. The van der Waals surface area contributed by atoms with Gasteiger partial charge in [-0.3, -0.25) is 9.59 Å². The van der Waals surface area contributed by atoms with Crippen molar-refractivity contribution in [3.05, 3.63) is 54.1 Å². The van der Waals surface area contributed by atoms with Crippen LogP contribution in [0.1, 0.15) is 31.7 Å². The Labute approximate surface area is 177 Å². The van der Waals surface area contributed by atoms with Gasteiger partial charge >= 0.3 is 0 Å². The van der Waals surface area contributed by atoms with Gasteiger partial charge in [-0.25, -0.2) is 0 Å². The molecule has 158 valence electrons. The molecular weight excluding hydrogens is 378 g/mol. The van der Waals surface area contributed by atoms with E-state index in [1.54, 1.807) is 6.07 Å². The maximum absolute atomic E-state index is 12.4. The Kier molecular flexibility index (Phi) is 6.21. The normalized spacial score (nSPS) is 19.3. The molecule has 2 aliphatic heterocycles. The maximum Gasteiger partial charge on any atom is 0.231 e. The molecule has 0 bridgehead atoms. The fraction of sp³-hybridized carbons (Fsp3) is 0.417. The Morgan fingerprint density at radius 1 is 1.13 bits per heavy atom. The molecule has 1 saturated heterocycles. The van der Waals surface area contributed by atoms with Gasteiger partial charge in [0.1, 0.15) is 12.4 Å². The van der Waals surface area contributed by atoms with Crippen LogP contribution in [0.4, 0.5) is 11.4 Å². The van der Waals surface area contributed by atoms with E-state index >= 15 is 0 Å². The van der Waals surface area contributed by atoms with E-state index in [-0.39, 0.29) is 24.8 Å². The third-order valence-electron chi connectivity index (χ3n) is 5.96. The SMILES string of the molecule is CC1CCN(c2ccc(CNC(=O)CC3COc4ccccc4NC3=O)cc2)CC1. The lowest BCUT2D eigenvalue weighted by Gasteiger charge is -2.32. The average molecular weight is 408 g/mol. The second-order valence-electron chi connectivity index (χ2n) is 8.31. The van der Waals surface area contributed by atoms with Gasteiger partial charge in [-0.1, -0.05) is 31.2 Å². The lowest BCUT2D eigenvalue weighted by molar-refractivity contribution is -0.128. The van der Waals surface area contributed by atoms with Crippen LogP contribution in [0.3, 0.4) is 0 Å². The van der Waals surface area contributed by atoms with E-state index in [1.165, 1.54) is 18.5 Å². The van der Waals surface area contributed by atoms with Crippen molar-refractivity contribution in [1.29, 1.82) is 0 Å². The summed E-state index contributed by atoms with van der Waals surface area (Å²) >= 11 is 0. The summed E-state index contributed by atoms with van der Waals surface area (Å²) in [5.74, 6) is 0.596. The molecule has 2 aliphatic rings. The van der Waals surface area contributed by atoms with Crippen molar-refractivity contribution in [2.45, 2.75) is 32.7 Å². The quantitative estimate of drug-likeness (QED) is 0.795. The second-order valence-corrected chi connectivity index (χ2v) is 8.31. The molecular formula is C24H29N3O3. The van der Waals surface area contributed by atoms with Crippen LogP contribution in [0.5, 0.6) is 5.75 Å². The zero-order valence-corrected chi connectivity index (χ0v) is 17.4. The lowest BCUT2D eigenvalue weighted by Crippen LogP contribution is -2.33. The third kappa shape index (κ3) is 4.93. The van der Waals surface area contributed by atoms with Crippen LogP contribution < -0.4 is 20.3 Å². The summed E-state index contributed by atoms with van der Waals surface area (Å²) in [6.07, 6.45) is 2.58. The van der Waals surface area contributed by atoms with E-state index in [0.717, 1.165) is 24.6 Å². The Morgan fingerprint density at radius 3 is 2.63 bits per heavy atom. The number of hydrogen-bond donors (Lipinski definition) is 2. The van der Waals surface area contributed by atoms with Crippen LogP contribution in [-0.2, 0) is 16.1 Å². The molecule has 0 radical (unpaired) electrons. The molecule has 2 heterocycles. The molecule has 0 aromatic heterocycles. The Hall–Kier alpha value is -3.02. The minimum absolute atomic E-state index is 0.101. The third-order valence-corrected chi connectivity index (χ3v) is 5.96. The minimum Gasteiger partial charge on any atom is -0.491 e. The van der Waals surface area contributed by atoms with Gasteiger partial charge in [-0.15, -0.1) is 0 Å². The number of ether oxygens (including phenoxy) is 1. The summed E-state index contributed by atoms with van der Waals surface area (Å²) in [5, 5.41) is 5.77. The number of fused-ring (bicyclic) bond motifs is 1. The number of rotatable bonds is 5. The first kappa shape index (κ1) is 20.3. The summed E-state index contributed by atoms with van der Waals surface area (Å²) in [7, 11) is 0. The largest absolute Gasteiger partial charge is 0.491 e. The van der Waals surface area contributed by atoms with Crippen LogP contribution in [0.25, 0.3) is 0 Å². The molecule has 4 rings (SSSR count). The standard InChI is InChI=1S/C24H29N3O3/c1-17-10-12-27(13-11-17)20-8-6-18(7-9-20)15-25-23(28)14-19-16-30-22-5-3-2-4-21(22)26-24(19)29/h2-9,17,19H,10-16H2,1H3,(H,25,28)(H,26,29). The zero-order chi connectivity index (χ0) is 20.9. The lowest BCUT2D eigenvalue weighted by atomic mass is 9.98. The number of anilines is 2. The monoisotopic (exact) mass is 407 g/mol. The van der Waals surface area contributed by atoms with E-state index in [9.17, 15) is 9.59 Å². The molecule has 1 unspecified atom stereocenters. The molecule has 1 atom stereocenters. The van der Waals surface area contributed by atoms with Crippen molar-refractivity contribution in [1.82, 2.24) is 5.32 Å². The minimum atomic E-state index is -0.513. The van der Waals surface area contributed by atoms with Crippen molar-refractivity contribution in [2.75, 3.05) is 29.9 Å². The second kappa shape index (κ2) is 9.20. The molecule has 2 N–H and O–H groups in total. The molecule has 2 amide bonds. The van der Waals surface area contributed by atoms with E-state index < -0.39 is 5.92 Å². The van der Waals surface area contributed by atoms with Gasteiger partial charge < -0.3 is 20.3 Å². The van der Waals surface area contributed by atoms with E-state index in [2.05, 4.69) is 46.7 Å². The van der Waals surface area contributed by atoms with E-state index in [4.69, 9.17) is 4.74 Å². The Morgan fingerprint density at radius 2 is 1.87 bits per heavy atom. The highest BCUT2D eigenvalue weighted by Crippen LogP contribution is 2.28. The number of nitrogens with one attached hydrogen (secondary N) is 2. The molecule has 2 aromatic carbocycles. The summed E-state index contributed by atoms with van der Waals surface area (Å²) < 4.78 is 5.70. The average Bonchev–Trinajstić information content (AvgIpc) is 2.92. The molecule has 6 nitrogen and oxygen atoms in total. The molecule has 30 heavy (non-hydrogen) atoms. The van der Waals surface area contributed by atoms with Crippen LogP contribution in [0.2, 0.25) is 0 Å². The highest BCUT2D eigenvalue weighted by atomic mass is 16.5. The highest BCUT2D eigenvalue weighted by molar-refractivity contribution is 5.97. The Bertz CT molecular complexity index is 889. The number of carbonyl (C=O) groups excluding carboxylic acids is 2. The van der Waals surface area contributed by atoms with E-state index in [1.807, 2.05) is 18.2 Å². The van der Waals surface area contributed by atoms with Gasteiger partial charge in [0.05, 0.1) is 11.6 Å². The molecule has 6 heteroatoms. The topological polar surface area (TPSA) is 70.7 Å². The Balaban J connectivity index is 1.26. The van der Waals surface area contributed by atoms with Crippen molar-refractivity contribution in [3.8, 4) is 5.75 Å². The highest BCUT2D eigenvalue weighted by Gasteiger charge is 2.26. The summed E-state index contributed by atoms with van der Waals surface area (Å²) in [5.41, 5.74) is 2.93. The summed E-state index contributed by atoms with van der Waals surface area (Å²) in [4.78, 5) is 27.2. The summed E-state index contributed by atoms with van der Waals surface area (Å²) in [6, 6.07) is 15.7. The fourth-order valence-electron chi connectivity index (χ4n) is 3.94. The van der Waals surface area contributed by atoms with Gasteiger partial charge in [0.15, 0.2) is 0 Å². The van der Waals surface area contributed by atoms with Crippen molar-refractivity contribution in [2.24, 2.45) is 11.8 Å². The van der Waals surface area contributed by atoms with Gasteiger partial charge in [0, 0.05) is 31.7 Å². The zero-order valence-electron chi connectivity index (χ0n) is 17.4. The van der Waals surface area contributed by atoms with Gasteiger partial charge in [-0.2, -0.15) is 0 Å². The van der Waals surface area contributed by atoms with Gasteiger partial charge in [0.25, 0.3) is 0 Å². The summed E-state index contributed by atoms with van der Waals surface area (Å²) in [6.45, 7) is 5.16. The number of piperidine rings is 1. The van der Waals surface area contributed by atoms with Crippen molar-refractivity contribution in [3.63, 3.8) is 0 Å². The van der Waals surface area contributed by atoms with Gasteiger partial charge in [0.2, 0.25) is 11.8 Å². The van der Waals surface area contributed by atoms with Crippen LogP contribution in [0, 0.1) is 11.8 Å². The molecule has 1 fully saturated rings. The predicted molar refractivity (Wildman–Crippen MR) is 118 cm³/mol. The van der Waals surface area contributed by atoms with Crippen molar-refractivity contribution >= 4 is 23.2 Å². The first-order valence-electron chi connectivity index (χ1n) is 10.7. The first-order chi connectivity index (χ1) is 14.6. The number of benzene rings is 2.